The van der Waals surface area contributed by atoms with E-state index in [-0.39, 0.29) is 18.8 Å². The zero-order valence-corrected chi connectivity index (χ0v) is 20.9. The number of methoxy groups -OCH3 is 1. The molecule has 38 heavy (non-hydrogen) atoms. The third-order valence-electron chi connectivity index (χ3n) is 5.65. The van der Waals surface area contributed by atoms with Gasteiger partial charge in [-0.2, -0.15) is 13.2 Å². The van der Waals surface area contributed by atoms with Crippen LogP contribution in [-0.2, 0) is 17.8 Å². The van der Waals surface area contributed by atoms with Crippen LogP contribution in [-0.4, -0.2) is 75.0 Å². The number of imidazole rings is 1. The minimum Gasteiger partial charge on any atom is -0.369 e. The Balaban J connectivity index is 0.000000383. The van der Waals surface area contributed by atoms with Crippen LogP contribution in [0.2, 0.25) is 0 Å². The Bertz CT molecular complexity index is 1290. The van der Waals surface area contributed by atoms with Gasteiger partial charge in [-0.3, -0.25) is 4.79 Å². The van der Waals surface area contributed by atoms with Crippen molar-refractivity contribution in [2.45, 2.75) is 51.6 Å². The first kappa shape index (κ1) is 28.7. The summed E-state index contributed by atoms with van der Waals surface area (Å²) in [5, 5.41) is 11.9. The van der Waals surface area contributed by atoms with E-state index in [0.717, 1.165) is 25.9 Å². The second-order valence-electron chi connectivity index (χ2n) is 9.00. The molecule has 11 nitrogen and oxygen atoms in total. The fraction of sp³-hybridized carbons (Fsp3) is 0.500. The molecule has 1 aliphatic rings. The number of rotatable bonds is 6. The van der Waals surface area contributed by atoms with Crippen molar-refractivity contribution < 1.29 is 40.9 Å². The number of hydrogen-bond donors (Lipinski definition) is 3. The lowest BCUT2D eigenvalue weighted by Gasteiger charge is -2.32. The molecule has 1 aliphatic heterocycles. The van der Waals surface area contributed by atoms with Crippen LogP contribution in [0.5, 0.6) is 0 Å². The number of carbonyl (C=O) groups excluding carboxylic acids is 2. The molecule has 0 unspecified atom stereocenters. The third kappa shape index (κ3) is 6.93. The maximum Gasteiger partial charge on any atom is 0.416 e. The number of carbonyl (C=O) groups is 2. The van der Waals surface area contributed by atoms with E-state index in [9.17, 15) is 31.5 Å². The number of benzene rings is 1. The summed E-state index contributed by atoms with van der Waals surface area (Å²) in [6, 6.07) is 4.65. The van der Waals surface area contributed by atoms with Crippen molar-refractivity contribution >= 4 is 23.0 Å². The Morgan fingerprint density at radius 3 is 2.55 bits per heavy atom. The summed E-state index contributed by atoms with van der Waals surface area (Å²) < 4.78 is 70.9. The van der Waals surface area contributed by atoms with Gasteiger partial charge < -0.3 is 25.3 Å². The Kier molecular flexibility index (Phi) is 8.24. The van der Waals surface area contributed by atoms with E-state index < -0.39 is 42.7 Å². The van der Waals surface area contributed by atoms with Crippen LogP contribution in [0.3, 0.4) is 0 Å². The molecule has 208 valence electrons. The van der Waals surface area contributed by atoms with E-state index in [1.54, 1.807) is 25.1 Å². The van der Waals surface area contributed by atoms with Gasteiger partial charge in [0, 0.05) is 13.7 Å². The lowest BCUT2D eigenvalue weighted by Crippen LogP contribution is -2.56. The van der Waals surface area contributed by atoms with E-state index in [0.29, 0.717) is 28.1 Å². The van der Waals surface area contributed by atoms with E-state index >= 15 is 0 Å². The average Bonchev–Trinajstić information content (AvgIpc) is 3.45. The highest BCUT2D eigenvalue weighted by molar-refractivity contribution is 5.92. The molecule has 3 amide bonds. The molecule has 16 heteroatoms. The molecule has 0 aliphatic carbocycles. The number of nitrogens with one attached hydrogen (secondary N) is 3. The number of ether oxygens (including phenoxy) is 1. The molecule has 0 spiro atoms. The predicted octanol–water partition coefficient (Wildman–Crippen LogP) is 3.32. The van der Waals surface area contributed by atoms with Gasteiger partial charge in [0.15, 0.2) is 11.3 Å². The Labute approximate surface area is 213 Å². The predicted molar refractivity (Wildman–Crippen MR) is 122 cm³/mol. The second kappa shape index (κ2) is 10.9. The van der Waals surface area contributed by atoms with Crippen LogP contribution in [0.4, 0.5) is 26.7 Å². The van der Waals surface area contributed by atoms with Crippen LogP contribution < -0.4 is 10.6 Å². The summed E-state index contributed by atoms with van der Waals surface area (Å²) in [6.45, 7) is 2.44. The number of fused-ring (bicyclic) bond motifs is 1. The Hall–Kier alpha value is -3.82. The van der Waals surface area contributed by atoms with Crippen LogP contribution in [0.1, 0.15) is 41.4 Å². The van der Waals surface area contributed by atoms with E-state index in [1.807, 2.05) is 0 Å². The quantitative estimate of drug-likeness (QED) is 0.403. The first-order valence-electron chi connectivity index (χ1n) is 11.2. The molecule has 0 saturated carbocycles. The van der Waals surface area contributed by atoms with Crippen molar-refractivity contribution in [3.05, 3.63) is 41.0 Å². The molecule has 0 bridgehead atoms. The number of aryl methyl sites for hydroxylation is 1. The van der Waals surface area contributed by atoms with Gasteiger partial charge in [-0.05, 0) is 43.6 Å². The number of urea groups is 1. The number of nitrogens with zero attached hydrogens (tertiary/aromatic N) is 4. The highest BCUT2D eigenvalue weighted by Gasteiger charge is 2.47. The molecule has 1 saturated heterocycles. The summed E-state index contributed by atoms with van der Waals surface area (Å²) in [7, 11) is 1.04. The van der Waals surface area contributed by atoms with Crippen LogP contribution in [0.25, 0.3) is 11.0 Å². The van der Waals surface area contributed by atoms with Gasteiger partial charge in [-0.1, -0.05) is 11.2 Å². The van der Waals surface area contributed by atoms with Crippen LogP contribution in [0, 0.1) is 6.92 Å². The largest absolute Gasteiger partial charge is 0.416 e. The van der Waals surface area contributed by atoms with Gasteiger partial charge in [-0.15, -0.1) is 0 Å². The van der Waals surface area contributed by atoms with Gasteiger partial charge in [0.25, 0.3) is 11.8 Å². The Morgan fingerprint density at radius 1 is 1.26 bits per heavy atom. The maximum atomic E-state index is 13.5. The van der Waals surface area contributed by atoms with Gasteiger partial charge in [0.05, 0.1) is 30.7 Å². The molecular formula is C22H26F5N7O4. The first-order chi connectivity index (χ1) is 17.6. The van der Waals surface area contributed by atoms with Crippen molar-refractivity contribution in [2.75, 3.05) is 20.2 Å². The molecule has 2 aromatic heterocycles. The fourth-order valence-electron chi connectivity index (χ4n) is 3.16. The monoisotopic (exact) mass is 547 g/mol. The van der Waals surface area contributed by atoms with E-state index in [2.05, 4.69) is 40.3 Å². The molecule has 3 N–H and O–H groups in total. The molecule has 1 fully saturated rings. The molecule has 3 aromatic rings. The number of H-pyrrole nitrogens is 1. The van der Waals surface area contributed by atoms with E-state index in [1.165, 1.54) is 0 Å². The van der Waals surface area contributed by atoms with Crippen molar-refractivity contribution in [2.24, 2.45) is 0 Å². The van der Waals surface area contributed by atoms with Crippen molar-refractivity contribution in [3.8, 4) is 0 Å². The minimum absolute atomic E-state index is 0.0425. The van der Waals surface area contributed by atoms with Gasteiger partial charge in [0.1, 0.15) is 11.5 Å². The summed E-state index contributed by atoms with van der Waals surface area (Å²) in [5.74, 6) is -2.90. The Morgan fingerprint density at radius 2 is 1.97 bits per heavy atom. The number of aromatic amines is 1. The summed E-state index contributed by atoms with van der Waals surface area (Å²) in [5.41, 5.74) is 0.436. The van der Waals surface area contributed by atoms with Crippen molar-refractivity contribution in [1.29, 1.82) is 0 Å². The smallest absolute Gasteiger partial charge is 0.369 e. The SMILES string of the molecule is COC(C)(C)C(F)(F)F.Cc1nonc1C(=O)NCc1nc2ccc(CN3CC(F)(F)CNC3=O)cc2[nH]1. The summed E-state index contributed by atoms with van der Waals surface area (Å²) >= 11 is 0. The molecule has 3 heterocycles. The van der Waals surface area contributed by atoms with E-state index in [4.69, 9.17) is 0 Å². The lowest BCUT2D eigenvalue weighted by atomic mass is 10.1. The second-order valence-corrected chi connectivity index (χ2v) is 9.00. The number of halogens is 5. The number of hydrogen-bond acceptors (Lipinski definition) is 7. The molecule has 0 radical (unpaired) electrons. The molecular weight excluding hydrogens is 521 g/mol. The maximum absolute atomic E-state index is 13.5. The van der Waals surface area contributed by atoms with Crippen molar-refractivity contribution in [3.63, 3.8) is 0 Å². The highest BCUT2D eigenvalue weighted by atomic mass is 19.4. The average molecular weight is 547 g/mol. The summed E-state index contributed by atoms with van der Waals surface area (Å²) in [6.07, 6.45) is -4.28. The zero-order chi connectivity index (χ0) is 28.3. The van der Waals surface area contributed by atoms with Gasteiger partial charge in [-0.25, -0.2) is 23.2 Å². The van der Waals surface area contributed by atoms with Gasteiger partial charge in [0.2, 0.25) is 0 Å². The number of alkyl halides is 5. The summed E-state index contributed by atoms with van der Waals surface area (Å²) in [4.78, 5) is 32.4. The standard InChI is InChI=1S/C17H17F2N7O3.C5H9F3O/c1-9-14(25-29-24-9)15(27)20-5-13-22-11-3-2-10(4-12(11)23-13)6-26-8-17(18,19)7-21-16(26)28;1-4(2,9-3)5(6,7)8/h2-4H,5-8H2,1H3,(H,20,27)(H,21,28)(H,22,23);1-3H3. The minimum atomic E-state index is -4.28. The zero-order valence-electron chi connectivity index (χ0n) is 20.9. The van der Waals surface area contributed by atoms with Gasteiger partial charge >= 0.3 is 12.2 Å². The first-order valence-corrected chi connectivity index (χ1v) is 11.2. The lowest BCUT2D eigenvalue weighted by molar-refractivity contribution is -0.255. The molecule has 0 atom stereocenters. The molecule has 1 aromatic carbocycles. The highest BCUT2D eigenvalue weighted by Crippen LogP contribution is 2.31. The van der Waals surface area contributed by atoms with Crippen molar-refractivity contribution in [1.82, 2.24) is 35.8 Å². The van der Waals surface area contributed by atoms with Crippen LogP contribution >= 0.6 is 0 Å². The normalized spacial score (nSPS) is 15.6. The van der Waals surface area contributed by atoms with Crippen LogP contribution in [0.15, 0.2) is 22.8 Å². The topological polar surface area (TPSA) is 138 Å². The fourth-order valence-corrected chi connectivity index (χ4v) is 3.16. The third-order valence-corrected chi connectivity index (χ3v) is 5.65. The number of aromatic nitrogens is 4. The number of amides is 3. The molecule has 4 rings (SSSR count).